The Morgan fingerprint density at radius 2 is 1.75 bits per heavy atom. The third kappa shape index (κ3) is 4.25. The Hall–Kier alpha value is -2.84. The van der Waals surface area contributed by atoms with E-state index in [1.54, 1.807) is 33.7 Å². The van der Waals surface area contributed by atoms with E-state index in [1.807, 2.05) is 0 Å². The third-order valence-corrected chi connectivity index (χ3v) is 6.60. The van der Waals surface area contributed by atoms with E-state index in [0.29, 0.717) is 50.3 Å². The average Bonchev–Trinajstić information content (AvgIpc) is 2.93. The van der Waals surface area contributed by atoms with Crippen LogP contribution >= 0.6 is 0 Å². The summed E-state index contributed by atoms with van der Waals surface area (Å²) in [6.07, 6.45) is -1.91. The number of amides is 2. The third-order valence-electron chi connectivity index (χ3n) is 6.60. The van der Waals surface area contributed by atoms with E-state index in [-0.39, 0.29) is 17.7 Å². The monoisotopic (exact) mass is 448 g/mol. The molecule has 6 nitrogen and oxygen atoms in total. The molecule has 0 atom stereocenters. The summed E-state index contributed by atoms with van der Waals surface area (Å²) in [6.45, 7) is 3.26. The first-order chi connectivity index (χ1) is 15.2. The van der Waals surface area contributed by atoms with Crippen molar-refractivity contribution in [2.45, 2.75) is 51.2 Å². The van der Waals surface area contributed by atoms with Gasteiger partial charge in [-0.1, -0.05) is 18.2 Å². The molecule has 1 saturated heterocycles. The van der Waals surface area contributed by atoms with Gasteiger partial charge in [-0.05, 0) is 43.2 Å². The molecular formula is C23H27F3N4O2. The number of piperidine rings is 1. The molecule has 0 radical (unpaired) electrons. The zero-order chi connectivity index (χ0) is 23.0. The Labute approximate surface area is 185 Å². The highest BCUT2D eigenvalue weighted by atomic mass is 19.4. The Kier molecular flexibility index (Phi) is 6.01. The van der Waals surface area contributed by atoms with Crippen LogP contribution in [0.4, 0.5) is 13.2 Å². The van der Waals surface area contributed by atoms with Crippen LogP contribution in [0.1, 0.15) is 65.0 Å². The molecule has 3 heterocycles. The van der Waals surface area contributed by atoms with Crippen molar-refractivity contribution in [2.75, 3.05) is 19.6 Å². The molecule has 0 unspecified atom stereocenters. The number of alkyl halides is 3. The molecule has 172 valence electrons. The lowest BCUT2D eigenvalue weighted by Gasteiger charge is -2.33. The molecule has 0 bridgehead atoms. The highest BCUT2D eigenvalue weighted by molar-refractivity contribution is 5.94. The minimum atomic E-state index is -4.39. The smallest absolute Gasteiger partial charge is 0.338 e. The van der Waals surface area contributed by atoms with Crippen molar-refractivity contribution in [3.05, 3.63) is 52.3 Å². The van der Waals surface area contributed by atoms with Gasteiger partial charge in [0.2, 0.25) is 5.91 Å². The molecule has 32 heavy (non-hydrogen) atoms. The van der Waals surface area contributed by atoms with Gasteiger partial charge in [0.05, 0.1) is 5.56 Å². The first-order valence-electron chi connectivity index (χ1n) is 10.9. The maximum Gasteiger partial charge on any atom is 0.416 e. The van der Waals surface area contributed by atoms with E-state index >= 15 is 0 Å². The number of benzene rings is 1. The number of halogens is 3. The number of aryl methyl sites for hydroxylation is 1. The molecule has 1 fully saturated rings. The Morgan fingerprint density at radius 1 is 1.06 bits per heavy atom. The Morgan fingerprint density at radius 3 is 2.41 bits per heavy atom. The van der Waals surface area contributed by atoms with E-state index < -0.39 is 11.7 Å². The molecule has 2 amide bonds. The molecule has 2 aliphatic rings. The number of hydrogen-bond donors (Lipinski definition) is 0. The van der Waals surface area contributed by atoms with Gasteiger partial charge in [0.15, 0.2) is 5.69 Å². The summed E-state index contributed by atoms with van der Waals surface area (Å²) >= 11 is 0. The van der Waals surface area contributed by atoms with E-state index in [4.69, 9.17) is 0 Å². The zero-order valence-electron chi connectivity index (χ0n) is 18.3. The topological polar surface area (TPSA) is 58.4 Å². The lowest BCUT2D eigenvalue weighted by molar-refractivity contribution is -0.138. The van der Waals surface area contributed by atoms with Crippen LogP contribution in [0.5, 0.6) is 0 Å². The van der Waals surface area contributed by atoms with Crippen LogP contribution in [0.25, 0.3) is 0 Å². The lowest BCUT2D eigenvalue weighted by Crippen LogP contribution is -2.39. The van der Waals surface area contributed by atoms with Gasteiger partial charge in [0.25, 0.3) is 5.91 Å². The van der Waals surface area contributed by atoms with Gasteiger partial charge in [-0.3, -0.25) is 14.3 Å². The maximum atomic E-state index is 13.4. The normalized spacial score (nSPS) is 17.8. The first kappa shape index (κ1) is 22.4. The summed E-state index contributed by atoms with van der Waals surface area (Å²) < 4.78 is 42.0. The van der Waals surface area contributed by atoms with Crippen molar-refractivity contribution in [1.29, 1.82) is 0 Å². The fourth-order valence-corrected chi connectivity index (χ4v) is 4.88. The summed E-state index contributed by atoms with van der Waals surface area (Å²) in [6, 6.07) is 5.70. The molecule has 0 aliphatic carbocycles. The Bertz CT molecular complexity index is 1020. The largest absolute Gasteiger partial charge is 0.416 e. The van der Waals surface area contributed by atoms with E-state index in [0.717, 1.165) is 30.2 Å². The average molecular weight is 448 g/mol. The molecular weight excluding hydrogens is 421 g/mol. The van der Waals surface area contributed by atoms with Gasteiger partial charge in [-0.2, -0.15) is 18.3 Å². The van der Waals surface area contributed by atoms with E-state index in [2.05, 4.69) is 5.10 Å². The van der Waals surface area contributed by atoms with Crippen molar-refractivity contribution in [3.63, 3.8) is 0 Å². The van der Waals surface area contributed by atoms with Gasteiger partial charge in [-0.25, -0.2) is 0 Å². The van der Waals surface area contributed by atoms with Crippen LogP contribution in [0, 0.1) is 0 Å². The second kappa shape index (κ2) is 8.60. The molecule has 9 heteroatoms. The van der Waals surface area contributed by atoms with Gasteiger partial charge < -0.3 is 9.80 Å². The summed E-state index contributed by atoms with van der Waals surface area (Å²) in [5.74, 6) is -0.495. The summed E-state index contributed by atoms with van der Waals surface area (Å²) in [5.41, 5.74) is 1.81. The second-order valence-corrected chi connectivity index (χ2v) is 8.59. The molecule has 4 rings (SSSR count). The second-order valence-electron chi connectivity index (χ2n) is 8.59. The van der Waals surface area contributed by atoms with Gasteiger partial charge in [-0.15, -0.1) is 0 Å². The number of likely N-dealkylation sites (tertiary alicyclic amines) is 1. The summed E-state index contributed by atoms with van der Waals surface area (Å²) in [4.78, 5) is 28.7. The SMILES string of the molecule is CC(=O)N1CCCc2c(c(C(=O)N3CCC(c4ccccc4C(F)(F)F)CC3)nn2C)C1. The van der Waals surface area contributed by atoms with Crippen molar-refractivity contribution in [3.8, 4) is 0 Å². The fourth-order valence-electron chi connectivity index (χ4n) is 4.88. The predicted octanol–water partition coefficient (Wildman–Crippen LogP) is 3.75. The lowest BCUT2D eigenvalue weighted by atomic mass is 9.86. The van der Waals surface area contributed by atoms with Gasteiger partial charge in [0.1, 0.15) is 0 Å². The minimum Gasteiger partial charge on any atom is -0.338 e. The van der Waals surface area contributed by atoms with Crippen LogP contribution in [0.2, 0.25) is 0 Å². The molecule has 1 aromatic heterocycles. The number of hydrogen-bond acceptors (Lipinski definition) is 3. The predicted molar refractivity (Wildman–Crippen MR) is 112 cm³/mol. The molecule has 2 aromatic rings. The quantitative estimate of drug-likeness (QED) is 0.703. The number of fused-ring (bicyclic) bond motifs is 1. The number of aromatic nitrogens is 2. The standard InChI is InChI=1S/C23H27F3N4O2/c1-15(31)30-11-5-8-20-18(14-30)21(27-28(20)2)22(32)29-12-9-16(10-13-29)17-6-3-4-7-19(17)23(24,25)26/h3-4,6-7,16H,5,8-14H2,1-2H3. The van der Waals surface area contributed by atoms with E-state index in [1.165, 1.54) is 13.0 Å². The molecule has 0 saturated carbocycles. The number of rotatable bonds is 2. The van der Waals surface area contributed by atoms with Gasteiger partial charge >= 0.3 is 6.18 Å². The van der Waals surface area contributed by atoms with E-state index in [9.17, 15) is 22.8 Å². The fraction of sp³-hybridized carbons (Fsp3) is 0.522. The molecule has 0 spiro atoms. The first-order valence-corrected chi connectivity index (χ1v) is 10.9. The van der Waals surface area contributed by atoms with Crippen LogP contribution in [0.15, 0.2) is 24.3 Å². The zero-order valence-corrected chi connectivity index (χ0v) is 18.3. The molecule has 0 N–H and O–H groups in total. The van der Waals surface area contributed by atoms with Crippen LogP contribution in [0.3, 0.4) is 0 Å². The van der Waals surface area contributed by atoms with Crippen molar-refractivity contribution in [1.82, 2.24) is 19.6 Å². The summed E-state index contributed by atoms with van der Waals surface area (Å²) in [7, 11) is 1.80. The van der Waals surface area contributed by atoms with Gasteiger partial charge in [0, 0.05) is 51.4 Å². The molecule has 1 aromatic carbocycles. The minimum absolute atomic E-state index is 0.0377. The van der Waals surface area contributed by atoms with Crippen molar-refractivity contribution in [2.24, 2.45) is 7.05 Å². The maximum absolute atomic E-state index is 13.4. The van der Waals surface area contributed by atoms with Crippen LogP contribution < -0.4 is 0 Å². The number of carbonyl (C=O) groups excluding carboxylic acids is 2. The number of nitrogens with zero attached hydrogens (tertiary/aromatic N) is 4. The summed E-state index contributed by atoms with van der Waals surface area (Å²) in [5, 5.41) is 4.47. The Balaban J connectivity index is 1.52. The van der Waals surface area contributed by atoms with Crippen molar-refractivity contribution < 1.29 is 22.8 Å². The number of carbonyl (C=O) groups is 2. The van der Waals surface area contributed by atoms with Crippen LogP contribution in [-0.4, -0.2) is 51.0 Å². The van der Waals surface area contributed by atoms with Crippen molar-refractivity contribution >= 4 is 11.8 Å². The van der Waals surface area contributed by atoms with Crippen LogP contribution in [-0.2, 0) is 31.0 Å². The highest BCUT2D eigenvalue weighted by Gasteiger charge is 2.37. The molecule has 2 aliphatic heterocycles. The highest BCUT2D eigenvalue weighted by Crippen LogP contribution is 2.39.